The number of rotatable bonds is 8. The molecule has 3 aromatic carbocycles. The molecular formula is C24H26N2O4. The highest BCUT2D eigenvalue weighted by Crippen LogP contribution is 2.24. The molecule has 0 aliphatic carbocycles. The normalized spacial score (nSPS) is 10.6. The number of hydrazine groups is 1. The number of carbonyl (C=O) groups is 2. The van der Waals surface area contributed by atoms with Crippen LogP contribution in [0.4, 0.5) is 0 Å². The minimum atomic E-state index is -0.458. The first kappa shape index (κ1) is 21.2. The molecule has 0 bridgehead atoms. The quantitative estimate of drug-likeness (QED) is 0.552. The Morgan fingerprint density at radius 2 is 1.67 bits per heavy atom. The number of carbonyl (C=O) groups excluding carboxylic acids is 2. The van der Waals surface area contributed by atoms with Gasteiger partial charge in [0.2, 0.25) is 0 Å². The molecule has 3 rings (SSSR count). The van der Waals surface area contributed by atoms with Gasteiger partial charge in [-0.3, -0.25) is 20.4 Å². The molecule has 0 spiro atoms. The molecule has 6 heteroatoms. The van der Waals surface area contributed by atoms with E-state index in [1.807, 2.05) is 36.4 Å². The van der Waals surface area contributed by atoms with Gasteiger partial charge in [-0.2, -0.15) is 0 Å². The Balaban J connectivity index is 1.49. The lowest BCUT2D eigenvalue weighted by atomic mass is 10.1. The van der Waals surface area contributed by atoms with Gasteiger partial charge in [0.15, 0.2) is 6.61 Å². The molecule has 156 valence electrons. The average Bonchev–Trinajstić information content (AvgIpc) is 2.76. The van der Waals surface area contributed by atoms with Crippen molar-refractivity contribution in [1.29, 1.82) is 0 Å². The lowest BCUT2D eigenvalue weighted by Crippen LogP contribution is -2.43. The Morgan fingerprint density at radius 1 is 0.900 bits per heavy atom. The van der Waals surface area contributed by atoms with Crippen LogP contribution in [0.5, 0.6) is 11.5 Å². The minimum absolute atomic E-state index is 0.216. The number of fused-ring (bicyclic) bond motifs is 1. The largest absolute Gasteiger partial charge is 0.494 e. The van der Waals surface area contributed by atoms with Crippen LogP contribution in [0.3, 0.4) is 0 Å². The minimum Gasteiger partial charge on any atom is -0.494 e. The van der Waals surface area contributed by atoms with E-state index >= 15 is 0 Å². The van der Waals surface area contributed by atoms with E-state index in [1.165, 1.54) is 0 Å². The summed E-state index contributed by atoms with van der Waals surface area (Å²) < 4.78 is 11.3. The van der Waals surface area contributed by atoms with Crippen LogP contribution in [0.15, 0.2) is 66.7 Å². The zero-order valence-electron chi connectivity index (χ0n) is 17.2. The van der Waals surface area contributed by atoms with Crippen molar-refractivity contribution < 1.29 is 19.1 Å². The van der Waals surface area contributed by atoms with E-state index in [4.69, 9.17) is 9.47 Å². The van der Waals surface area contributed by atoms with Gasteiger partial charge in [-0.1, -0.05) is 56.3 Å². The van der Waals surface area contributed by atoms with Crippen LogP contribution in [0.1, 0.15) is 30.6 Å². The number of nitrogens with one attached hydrogen (secondary N) is 2. The van der Waals surface area contributed by atoms with Crippen LogP contribution < -0.4 is 20.3 Å². The fourth-order valence-corrected chi connectivity index (χ4v) is 2.84. The lowest BCUT2D eigenvalue weighted by Gasteiger charge is -2.11. The number of ether oxygens (including phenoxy) is 2. The van der Waals surface area contributed by atoms with Crippen LogP contribution in [0, 0.1) is 5.92 Å². The maximum absolute atomic E-state index is 12.3. The smallest absolute Gasteiger partial charge is 0.276 e. The summed E-state index contributed by atoms with van der Waals surface area (Å²) in [4.78, 5) is 24.4. The van der Waals surface area contributed by atoms with Crippen LogP contribution in [-0.2, 0) is 4.79 Å². The highest BCUT2D eigenvalue weighted by atomic mass is 16.5. The van der Waals surface area contributed by atoms with Crippen LogP contribution in [0.25, 0.3) is 10.8 Å². The Bertz CT molecular complexity index is 1010. The fraction of sp³-hybridized carbons (Fsp3) is 0.250. The topological polar surface area (TPSA) is 76.7 Å². The molecule has 2 amide bonds. The number of amides is 2. The van der Waals surface area contributed by atoms with E-state index in [9.17, 15) is 9.59 Å². The lowest BCUT2D eigenvalue weighted by molar-refractivity contribution is -0.123. The first-order chi connectivity index (χ1) is 14.5. The van der Waals surface area contributed by atoms with Crippen LogP contribution in [-0.4, -0.2) is 25.0 Å². The van der Waals surface area contributed by atoms with Gasteiger partial charge in [0.25, 0.3) is 11.8 Å². The van der Waals surface area contributed by atoms with Crippen molar-refractivity contribution in [3.8, 4) is 11.5 Å². The number of hydrogen-bond acceptors (Lipinski definition) is 4. The van der Waals surface area contributed by atoms with Crippen molar-refractivity contribution in [1.82, 2.24) is 10.9 Å². The molecule has 2 N–H and O–H groups in total. The Labute approximate surface area is 176 Å². The van der Waals surface area contributed by atoms with Gasteiger partial charge in [-0.05, 0) is 42.0 Å². The zero-order valence-corrected chi connectivity index (χ0v) is 17.2. The summed E-state index contributed by atoms with van der Waals surface area (Å²) in [5.74, 6) is 0.890. The summed E-state index contributed by atoms with van der Waals surface area (Å²) in [6.45, 7) is 4.62. The summed E-state index contributed by atoms with van der Waals surface area (Å²) >= 11 is 0. The van der Waals surface area contributed by atoms with E-state index < -0.39 is 11.8 Å². The Hall–Kier alpha value is -3.54. The molecule has 0 aliphatic rings. The predicted molar refractivity (Wildman–Crippen MR) is 116 cm³/mol. The van der Waals surface area contributed by atoms with Gasteiger partial charge in [0.05, 0.1) is 6.61 Å². The molecule has 0 aromatic heterocycles. The van der Waals surface area contributed by atoms with Crippen molar-refractivity contribution in [2.75, 3.05) is 13.2 Å². The molecule has 0 fully saturated rings. The Kier molecular flexibility index (Phi) is 7.27. The van der Waals surface area contributed by atoms with Gasteiger partial charge in [0.1, 0.15) is 11.5 Å². The zero-order chi connectivity index (χ0) is 21.3. The number of hydrogen-bond donors (Lipinski definition) is 2. The van der Waals surface area contributed by atoms with Gasteiger partial charge in [-0.25, -0.2) is 0 Å². The van der Waals surface area contributed by atoms with E-state index in [0.29, 0.717) is 29.6 Å². The third-order valence-corrected chi connectivity index (χ3v) is 4.48. The van der Waals surface area contributed by atoms with E-state index in [1.54, 1.807) is 30.3 Å². The highest BCUT2D eigenvalue weighted by Gasteiger charge is 2.10. The van der Waals surface area contributed by atoms with Crippen molar-refractivity contribution in [2.45, 2.75) is 20.3 Å². The average molecular weight is 406 g/mol. The molecule has 0 unspecified atom stereocenters. The van der Waals surface area contributed by atoms with Gasteiger partial charge < -0.3 is 9.47 Å². The van der Waals surface area contributed by atoms with E-state index in [0.717, 1.165) is 17.2 Å². The molecule has 0 saturated heterocycles. The van der Waals surface area contributed by atoms with E-state index in [-0.39, 0.29) is 6.61 Å². The number of benzene rings is 3. The van der Waals surface area contributed by atoms with Crippen molar-refractivity contribution in [3.63, 3.8) is 0 Å². The van der Waals surface area contributed by atoms with Gasteiger partial charge in [-0.15, -0.1) is 0 Å². The van der Waals surface area contributed by atoms with Gasteiger partial charge >= 0.3 is 0 Å². The van der Waals surface area contributed by atoms with Crippen molar-refractivity contribution in [3.05, 3.63) is 72.3 Å². The molecule has 0 aliphatic heterocycles. The SMILES string of the molecule is CC(C)CCOc1cccc(C(=O)NNC(=O)COc2cccc3ccccc23)c1. The molecule has 0 saturated carbocycles. The molecule has 6 nitrogen and oxygen atoms in total. The van der Waals surface area contributed by atoms with Crippen molar-refractivity contribution in [2.24, 2.45) is 5.92 Å². The van der Waals surface area contributed by atoms with Crippen LogP contribution >= 0.6 is 0 Å². The molecular weight excluding hydrogens is 380 g/mol. The third kappa shape index (κ3) is 5.98. The maximum atomic E-state index is 12.3. The molecule has 0 radical (unpaired) electrons. The third-order valence-electron chi connectivity index (χ3n) is 4.48. The summed E-state index contributed by atoms with van der Waals surface area (Å²) in [7, 11) is 0. The van der Waals surface area contributed by atoms with E-state index in [2.05, 4.69) is 24.7 Å². The fourth-order valence-electron chi connectivity index (χ4n) is 2.84. The molecule has 3 aromatic rings. The second kappa shape index (κ2) is 10.3. The van der Waals surface area contributed by atoms with Gasteiger partial charge in [0, 0.05) is 10.9 Å². The standard InChI is InChI=1S/C24H26N2O4/c1-17(2)13-14-29-20-10-5-9-19(15-20)24(28)26-25-23(27)16-30-22-12-6-8-18-7-3-4-11-21(18)22/h3-12,15,17H,13-14,16H2,1-2H3,(H,25,27)(H,26,28). The summed E-state index contributed by atoms with van der Waals surface area (Å²) in [6, 6.07) is 20.3. The second-order valence-corrected chi connectivity index (χ2v) is 7.33. The monoisotopic (exact) mass is 406 g/mol. The first-order valence-corrected chi connectivity index (χ1v) is 9.95. The molecule has 30 heavy (non-hydrogen) atoms. The highest BCUT2D eigenvalue weighted by molar-refractivity contribution is 5.96. The van der Waals surface area contributed by atoms with Crippen molar-refractivity contribution >= 4 is 22.6 Å². The summed E-state index contributed by atoms with van der Waals surface area (Å²) in [6.07, 6.45) is 0.934. The molecule has 0 atom stereocenters. The summed E-state index contributed by atoms with van der Waals surface area (Å²) in [5, 5.41) is 1.95. The van der Waals surface area contributed by atoms with Crippen LogP contribution in [0.2, 0.25) is 0 Å². The predicted octanol–water partition coefficient (Wildman–Crippen LogP) is 4.10. The molecule has 0 heterocycles. The second-order valence-electron chi connectivity index (χ2n) is 7.33. The maximum Gasteiger partial charge on any atom is 0.276 e. The Morgan fingerprint density at radius 3 is 2.50 bits per heavy atom. The first-order valence-electron chi connectivity index (χ1n) is 9.95. The summed E-state index contributed by atoms with van der Waals surface area (Å²) in [5.41, 5.74) is 5.17.